The second-order valence-corrected chi connectivity index (χ2v) is 6.78. The zero-order valence-electron chi connectivity index (χ0n) is 16.4. The highest BCUT2D eigenvalue weighted by molar-refractivity contribution is 6.31. The molecule has 29 heavy (non-hydrogen) atoms. The summed E-state index contributed by atoms with van der Waals surface area (Å²) < 4.78 is 17.2. The average molecular weight is 413 g/mol. The number of aromatic nitrogens is 1. The summed E-state index contributed by atoms with van der Waals surface area (Å²) in [7, 11) is 1.64. The number of nitrogens with one attached hydrogen (secondary N) is 1. The van der Waals surface area contributed by atoms with E-state index in [1.54, 1.807) is 13.3 Å². The molecule has 1 aromatic heterocycles. The number of rotatable bonds is 11. The van der Waals surface area contributed by atoms with Gasteiger partial charge in [-0.05, 0) is 31.2 Å². The van der Waals surface area contributed by atoms with Crippen LogP contribution in [0.4, 0.5) is 0 Å². The van der Waals surface area contributed by atoms with E-state index in [0.29, 0.717) is 36.4 Å². The first-order chi connectivity index (χ1) is 14.3. The van der Waals surface area contributed by atoms with Crippen LogP contribution in [0.25, 0.3) is 0 Å². The molecule has 1 heterocycles. The van der Waals surface area contributed by atoms with Crippen molar-refractivity contribution in [3.05, 3.63) is 83.0 Å². The lowest BCUT2D eigenvalue weighted by molar-refractivity contribution is 0.279. The second-order valence-electron chi connectivity index (χ2n) is 6.38. The Morgan fingerprint density at radius 2 is 1.76 bits per heavy atom. The maximum atomic E-state index is 6.24. The largest absolute Gasteiger partial charge is 0.493 e. The predicted octanol–water partition coefficient (Wildman–Crippen LogP) is 4.88. The van der Waals surface area contributed by atoms with Gasteiger partial charge in [0.1, 0.15) is 6.61 Å². The Labute approximate surface area is 176 Å². The molecule has 0 bridgehead atoms. The van der Waals surface area contributed by atoms with Crippen molar-refractivity contribution in [2.45, 2.75) is 19.6 Å². The number of halogens is 1. The number of hydrogen-bond acceptors (Lipinski definition) is 5. The summed E-state index contributed by atoms with van der Waals surface area (Å²) in [5, 5.41) is 4.12. The molecule has 6 heteroatoms. The normalized spacial score (nSPS) is 10.6. The van der Waals surface area contributed by atoms with Gasteiger partial charge in [-0.25, -0.2) is 4.98 Å². The second kappa shape index (κ2) is 11.3. The summed E-state index contributed by atoms with van der Waals surface area (Å²) in [5.41, 5.74) is 1.97. The third kappa shape index (κ3) is 6.38. The minimum atomic E-state index is 0.380. The summed E-state index contributed by atoms with van der Waals surface area (Å²) in [6.45, 7) is 2.47. The Kier molecular flexibility index (Phi) is 8.16. The van der Waals surface area contributed by atoms with Gasteiger partial charge in [-0.2, -0.15) is 0 Å². The standard InChI is InChI=1S/C23H25ClN2O3/c1-27-21-11-6-9-18(23(21)29-17-19-8-2-3-10-20(19)24)16-25-13-7-15-28-22-12-4-5-14-26-22/h2-6,8-12,14,25H,7,13,15-17H2,1H3. The first-order valence-electron chi connectivity index (χ1n) is 9.54. The van der Waals surface area contributed by atoms with Crippen LogP contribution < -0.4 is 19.5 Å². The molecule has 5 nitrogen and oxygen atoms in total. The smallest absolute Gasteiger partial charge is 0.213 e. The van der Waals surface area contributed by atoms with Crippen LogP contribution in [0, 0.1) is 0 Å². The topological polar surface area (TPSA) is 52.6 Å². The van der Waals surface area contributed by atoms with Crippen molar-refractivity contribution in [2.75, 3.05) is 20.3 Å². The summed E-state index contributed by atoms with van der Waals surface area (Å²) in [6, 6.07) is 19.2. The molecule has 1 N–H and O–H groups in total. The van der Waals surface area contributed by atoms with Gasteiger partial charge in [-0.15, -0.1) is 0 Å². The lowest BCUT2D eigenvalue weighted by Gasteiger charge is -2.16. The molecular formula is C23H25ClN2O3. The Hall–Kier alpha value is -2.76. The van der Waals surface area contributed by atoms with Gasteiger partial charge >= 0.3 is 0 Å². The fraction of sp³-hybridized carbons (Fsp3) is 0.261. The average Bonchev–Trinajstić information content (AvgIpc) is 2.76. The predicted molar refractivity (Wildman–Crippen MR) is 115 cm³/mol. The molecule has 0 spiro atoms. The van der Waals surface area contributed by atoms with Crippen molar-refractivity contribution in [2.24, 2.45) is 0 Å². The van der Waals surface area contributed by atoms with E-state index in [1.807, 2.05) is 60.7 Å². The highest BCUT2D eigenvalue weighted by Gasteiger charge is 2.11. The van der Waals surface area contributed by atoms with Crippen LogP contribution in [0.2, 0.25) is 5.02 Å². The third-order valence-electron chi connectivity index (χ3n) is 4.31. The van der Waals surface area contributed by atoms with Crippen molar-refractivity contribution in [1.29, 1.82) is 0 Å². The molecule has 0 atom stereocenters. The number of benzene rings is 2. The number of ether oxygens (including phenoxy) is 3. The van der Waals surface area contributed by atoms with Gasteiger partial charge in [0.15, 0.2) is 11.5 Å². The first kappa shape index (κ1) is 21.0. The Balaban J connectivity index is 1.51. The first-order valence-corrected chi connectivity index (χ1v) is 9.92. The van der Waals surface area contributed by atoms with Gasteiger partial charge in [-0.3, -0.25) is 0 Å². The number of hydrogen-bond donors (Lipinski definition) is 1. The molecule has 152 valence electrons. The summed E-state index contributed by atoms with van der Waals surface area (Å²) in [4.78, 5) is 4.14. The number of pyridine rings is 1. The van der Waals surface area contributed by atoms with E-state index in [1.165, 1.54) is 0 Å². The van der Waals surface area contributed by atoms with Crippen LogP contribution in [-0.2, 0) is 13.2 Å². The number of para-hydroxylation sites is 1. The summed E-state index contributed by atoms with van der Waals surface area (Å²) in [6.07, 6.45) is 2.59. The molecule has 0 aliphatic heterocycles. The van der Waals surface area contributed by atoms with E-state index in [4.69, 9.17) is 25.8 Å². The molecule has 3 rings (SSSR count). The zero-order chi connectivity index (χ0) is 20.3. The van der Waals surface area contributed by atoms with E-state index < -0.39 is 0 Å². The van der Waals surface area contributed by atoms with Crippen molar-refractivity contribution < 1.29 is 14.2 Å². The van der Waals surface area contributed by atoms with E-state index in [0.717, 1.165) is 29.8 Å². The molecule has 2 aromatic carbocycles. The lowest BCUT2D eigenvalue weighted by atomic mass is 10.1. The molecule has 3 aromatic rings. The maximum absolute atomic E-state index is 6.24. The summed E-state index contributed by atoms with van der Waals surface area (Å²) in [5.74, 6) is 2.08. The van der Waals surface area contributed by atoms with Crippen molar-refractivity contribution >= 4 is 11.6 Å². The van der Waals surface area contributed by atoms with Crippen LogP contribution in [0.15, 0.2) is 66.9 Å². The molecule has 0 amide bonds. The Morgan fingerprint density at radius 3 is 2.55 bits per heavy atom. The Bertz CT molecular complexity index is 890. The van der Waals surface area contributed by atoms with Crippen LogP contribution in [0.5, 0.6) is 17.4 Å². The quantitative estimate of drug-likeness (QED) is 0.455. The van der Waals surface area contributed by atoms with E-state index in [2.05, 4.69) is 10.3 Å². The summed E-state index contributed by atoms with van der Waals surface area (Å²) >= 11 is 6.24. The van der Waals surface area contributed by atoms with E-state index in [9.17, 15) is 0 Å². The Morgan fingerprint density at radius 1 is 0.931 bits per heavy atom. The van der Waals surface area contributed by atoms with Gasteiger partial charge in [0.05, 0.1) is 13.7 Å². The molecule has 0 unspecified atom stereocenters. The van der Waals surface area contributed by atoms with Gasteiger partial charge in [-0.1, -0.05) is 48.0 Å². The fourth-order valence-corrected chi connectivity index (χ4v) is 3.01. The third-order valence-corrected chi connectivity index (χ3v) is 4.68. The minimum absolute atomic E-state index is 0.380. The number of nitrogens with zero attached hydrogens (tertiary/aromatic N) is 1. The highest BCUT2D eigenvalue weighted by Crippen LogP contribution is 2.32. The van der Waals surface area contributed by atoms with Gasteiger partial charge in [0.2, 0.25) is 5.88 Å². The maximum Gasteiger partial charge on any atom is 0.213 e. The minimum Gasteiger partial charge on any atom is -0.493 e. The molecule has 0 aliphatic carbocycles. The molecule has 0 aliphatic rings. The monoisotopic (exact) mass is 412 g/mol. The molecule has 0 saturated heterocycles. The SMILES string of the molecule is COc1cccc(CNCCCOc2ccccn2)c1OCc1ccccc1Cl. The van der Waals surface area contributed by atoms with Crippen molar-refractivity contribution in [3.8, 4) is 17.4 Å². The molecule has 0 fully saturated rings. The van der Waals surface area contributed by atoms with Crippen molar-refractivity contribution in [1.82, 2.24) is 10.3 Å². The van der Waals surface area contributed by atoms with Gasteiger partial charge in [0.25, 0.3) is 0 Å². The fourth-order valence-electron chi connectivity index (χ4n) is 2.82. The van der Waals surface area contributed by atoms with E-state index >= 15 is 0 Å². The van der Waals surface area contributed by atoms with Crippen LogP contribution in [-0.4, -0.2) is 25.2 Å². The van der Waals surface area contributed by atoms with Gasteiger partial charge in [0, 0.05) is 35.0 Å². The van der Waals surface area contributed by atoms with Crippen LogP contribution in [0.1, 0.15) is 17.5 Å². The van der Waals surface area contributed by atoms with Crippen molar-refractivity contribution in [3.63, 3.8) is 0 Å². The van der Waals surface area contributed by atoms with Crippen LogP contribution >= 0.6 is 11.6 Å². The van der Waals surface area contributed by atoms with Gasteiger partial charge < -0.3 is 19.5 Å². The van der Waals surface area contributed by atoms with Crippen LogP contribution in [0.3, 0.4) is 0 Å². The highest BCUT2D eigenvalue weighted by atomic mass is 35.5. The van der Waals surface area contributed by atoms with E-state index in [-0.39, 0.29) is 0 Å². The molecule has 0 radical (unpaired) electrons. The number of methoxy groups -OCH3 is 1. The molecular weight excluding hydrogens is 388 g/mol. The lowest BCUT2D eigenvalue weighted by Crippen LogP contribution is -2.18. The zero-order valence-corrected chi connectivity index (χ0v) is 17.2. The molecule has 0 saturated carbocycles.